The van der Waals surface area contributed by atoms with E-state index in [2.05, 4.69) is 15.5 Å². The molecule has 0 saturated carbocycles. The molecule has 2 aromatic rings. The number of morpholine rings is 1. The molecule has 15 heteroatoms. The van der Waals surface area contributed by atoms with Gasteiger partial charge in [0.05, 0.1) is 60.3 Å². The maximum Gasteiger partial charge on any atom is 0.254 e. The molecular formula is C26H25B6FN4O4. The summed E-state index contributed by atoms with van der Waals surface area (Å²) in [6.45, 7) is 3.53. The first-order chi connectivity index (χ1) is 19.3. The van der Waals surface area contributed by atoms with Gasteiger partial charge in [-0.25, -0.2) is 4.39 Å². The van der Waals surface area contributed by atoms with Crippen molar-refractivity contribution >= 4 is 70.9 Å². The van der Waals surface area contributed by atoms with Crippen LogP contribution >= 0.6 is 0 Å². The van der Waals surface area contributed by atoms with Gasteiger partial charge < -0.3 is 25.1 Å². The van der Waals surface area contributed by atoms with Crippen LogP contribution in [0.4, 0.5) is 10.1 Å². The summed E-state index contributed by atoms with van der Waals surface area (Å²) in [5, 5.41) is -1.69. The predicted octanol–water partition coefficient (Wildman–Crippen LogP) is -0.607. The number of carbonyl (C=O) groups excluding carboxylic acids is 3. The molecule has 12 radical (unpaired) electrons. The largest absolute Gasteiger partial charge is 0.381 e. The Morgan fingerprint density at radius 3 is 2.49 bits per heavy atom. The van der Waals surface area contributed by atoms with Gasteiger partial charge in [0.1, 0.15) is 18.1 Å². The molecule has 1 saturated heterocycles. The minimum Gasteiger partial charge on any atom is -0.381 e. The highest BCUT2D eigenvalue weighted by Gasteiger charge is 2.55. The van der Waals surface area contributed by atoms with Crippen LogP contribution in [0.5, 0.6) is 0 Å². The second-order valence-electron chi connectivity index (χ2n) is 10.4. The van der Waals surface area contributed by atoms with Crippen molar-refractivity contribution in [3.05, 3.63) is 64.5 Å². The molecule has 1 atom stereocenters. The molecule has 4 rings (SSSR count). The van der Waals surface area contributed by atoms with Crippen LogP contribution in [-0.4, -0.2) is 114 Å². The zero-order valence-corrected chi connectivity index (χ0v) is 22.7. The summed E-state index contributed by atoms with van der Waals surface area (Å²) < 4.78 is 20.2. The molecule has 41 heavy (non-hydrogen) atoms. The molecule has 198 valence electrons. The van der Waals surface area contributed by atoms with Gasteiger partial charge in [-0.3, -0.25) is 14.5 Å². The number of hydrogen-bond acceptors (Lipinski definition) is 6. The zero-order valence-electron chi connectivity index (χ0n) is 22.7. The van der Waals surface area contributed by atoms with E-state index in [4.69, 9.17) is 51.8 Å². The van der Waals surface area contributed by atoms with E-state index in [1.807, 2.05) is 0 Å². The minimum atomic E-state index is -2.51. The molecule has 0 bridgehead atoms. The van der Waals surface area contributed by atoms with Crippen LogP contribution in [0.1, 0.15) is 27.0 Å². The summed E-state index contributed by atoms with van der Waals surface area (Å²) in [7, 11) is 38.3. The molecule has 0 spiro atoms. The van der Waals surface area contributed by atoms with E-state index in [1.165, 1.54) is 19.2 Å². The van der Waals surface area contributed by atoms with E-state index in [0.717, 1.165) is 23.6 Å². The first-order valence-corrected chi connectivity index (χ1v) is 13.0. The van der Waals surface area contributed by atoms with E-state index in [1.54, 1.807) is 24.3 Å². The molecule has 8 nitrogen and oxygen atoms in total. The van der Waals surface area contributed by atoms with E-state index in [-0.39, 0.29) is 24.0 Å². The molecule has 1 fully saturated rings. The number of rotatable bonds is 10. The van der Waals surface area contributed by atoms with Crippen molar-refractivity contribution in [2.45, 2.75) is 34.9 Å². The maximum absolute atomic E-state index is 14.8. The number of amides is 2. The molecule has 0 aromatic heterocycles. The van der Waals surface area contributed by atoms with Crippen molar-refractivity contribution in [2.24, 2.45) is 0 Å². The number of likely N-dealkylation sites (N-methyl/N-ethyl adjacent to an activating group) is 1. The topological polar surface area (TPSA) is 91.0 Å². The van der Waals surface area contributed by atoms with E-state index >= 15 is 0 Å². The Balaban J connectivity index is 1.65. The van der Waals surface area contributed by atoms with Crippen LogP contribution in [0.2, 0.25) is 10.4 Å². The molecule has 2 aliphatic heterocycles. The monoisotopic (exact) mass is 542 g/mol. The zero-order chi connectivity index (χ0) is 30.2. The maximum atomic E-state index is 14.8. The predicted molar refractivity (Wildman–Crippen MR) is 158 cm³/mol. The molecule has 2 amide bonds. The fourth-order valence-electron chi connectivity index (χ4n) is 5.15. The molecule has 2 heterocycles. The Bertz CT molecular complexity index is 1340. The van der Waals surface area contributed by atoms with Gasteiger partial charge in [0.2, 0.25) is 5.91 Å². The lowest BCUT2D eigenvalue weighted by Crippen LogP contribution is -2.63. The number of aldehydes is 1. The number of nitrogens with one attached hydrogen (secondary N) is 2. The Morgan fingerprint density at radius 1 is 1.17 bits per heavy atom. The van der Waals surface area contributed by atoms with E-state index in [0.29, 0.717) is 31.0 Å². The summed E-state index contributed by atoms with van der Waals surface area (Å²) in [5.41, 5.74) is 1.75. The highest BCUT2D eigenvalue weighted by Crippen LogP contribution is 2.50. The normalized spacial score (nSPS) is 18.0. The molecule has 2 aliphatic rings. The third-order valence-electron chi connectivity index (χ3n) is 7.55. The van der Waals surface area contributed by atoms with E-state index in [9.17, 15) is 18.8 Å². The van der Waals surface area contributed by atoms with Gasteiger partial charge in [-0.1, -0.05) is 22.6 Å². The lowest BCUT2D eigenvalue weighted by atomic mass is 9.28. The number of halogens is 1. The van der Waals surface area contributed by atoms with Crippen molar-refractivity contribution in [1.29, 1.82) is 0 Å². The Kier molecular flexibility index (Phi) is 8.90. The summed E-state index contributed by atoms with van der Waals surface area (Å²) >= 11 is 0. The molecule has 0 aliphatic carbocycles. The Hall–Kier alpha value is -2.91. The van der Waals surface area contributed by atoms with Gasteiger partial charge in [-0.2, -0.15) is 0 Å². The second kappa shape index (κ2) is 11.8. The third kappa shape index (κ3) is 5.75. The van der Waals surface area contributed by atoms with Gasteiger partial charge in [-0.05, 0) is 40.7 Å². The van der Waals surface area contributed by atoms with Crippen LogP contribution in [0.3, 0.4) is 0 Å². The lowest BCUT2D eigenvalue weighted by molar-refractivity contribution is -0.126. The second-order valence-corrected chi connectivity index (χ2v) is 10.4. The fourth-order valence-corrected chi connectivity index (χ4v) is 5.15. The van der Waals surface area contributed by atoms with Gasteiger partial charge >= 0.3 is 0 Å². The van der Waals surface area contributed by atoms with Crippen LogP contribution in [0.15, 0.2) is 36.4 Å². The number of benzene rings is 2. The Morgan fingerprint density at radius 2 is 1.85 bits per heavy atom. The summed E-state index contributed by atoms with van der Waals surface area (Å²) in [5.74, 6) is -2.14. The number of ether oxygens (including phenoxy) is 1. The highest BCUT2D eigenvalue weighted by atomic mass is 19.1. The van der Waals surface area contributed by atoms with Gasteiger partial charge in [0.25, 0.3) is 5.91 Å². The smallest absolute Gasteiger partial charge is 0.254 e. The molecule has 2 aromatic carbocycles. The van der Waals surface area contributed by atoms with Crippen LogP contribution in [0, 0.1) is 5.82 Å². The summed E-state index contributed by atoms with van der Waals surface area (Å²) in [4.78, 5) is 41.3. The lowest BCUT2D eigenvalue weighted by Gasteiger charge is -2.52. The van der Waals surface area contributed by atoms with Crippen molar-refractivity contribution in [1.82, 2.24) is 15.1 Å². The van der Waals surface area contributed by atoms with Crippen LogP contribution in [0.25, 0.3) is 0 Å². The van der Waals surface area contributed by atoms with Gasteiger partial charge in [0.15, 0.2) is 0 Å². The number of anilines is 1. The Labute approximate surface area is 247 Å². The van der Waals surface area contributed by atoms with Crippen molar-refractivity contribution in [3.8, 4) is 0 Å². The SMILES string of the molecule is [B]C1([B])c2c(NCc3cc(CN4CCOCC4)ccc3F)cccc2C(=O)N1C(C(=O)NC)C([B])([B])C([B])([B])C=O. The first kappa shape index (κ1) is 31.0. The van der Waals surface area contributed by atoms with Crippen molar-refractivity contribution in [2.75, 3.05) is 38.7 Å². The minimum absolute atomic E-state index is 0.0277. The fraction of sp³-hybridized carbons (Fsp3) is 0.423. The standard InChI is InChI=1S/C26H25B6FN4O4/c1-34-22(39)21(25(29,30)24(27,28)14-38)37-23(40)17-3-2-4-19(20(17)26(37,31)32)35-12-16-11-15(5-6-18(16)33)13-36-7-9-41-10-8-36/h2-6,11,14,21,35H,7-10,12-13H2,1H3,(H,34,39). The molecular weight excluding hydrogens is 516 g/mol. The van der Waals surface area contributed by atoms with Crippen molar-refractivity contribution < 1.29 is 23.5 Å². The quantitative estimate of drug-likeness (QED) is 0.309. The molecule has 1 unspecified atom stereocenters. The number of hydrogen-bond donors (Lipinski definition) is 2. The van der Waals surface area contributed by atoms with Crippen molar-refractivity contribution in [3.63, 3.8) is 0 Å². The van der Waals surface area contributed by atoms with Crippen LogP contribution in [-0.2, 0) is 32.8 Å². The third-order valence-corrected chi connectivity index (χ3v) is 7.55. The van der Waals surface area contributed by atoms with Gasteiger partial charge in [-0.15, -0.1) is 0 Å². The number of nitrogens with zero attached hydrogens (tertiary/aromatic N) is 2. The van der Waals surface area contributed by atoms with Gasteiger partial charge in [0, 0.05) is 50.0 Å². The summed E-state index contributed by atoms with van der Waals surface area (Å²) in [6, 6.07) is 7.65. The molecule has 2 N–H and O–H groups in total. The van der Waals surface area contributed by atoms with E-state index < -0.39 is 39.4 Å². The average Bonchev–Trinajstić information content (AvgIpc) is 3.14. The number of fused-ring (bicyclic) bond motifs is 1. The highest BCUT2D eigenvalue weighted by molar-refractivity contribution is 6.60. The first-order valence-electron chi connectivity index (χ1n) is 13.0. The average molecular weight is 541 g/mol. The summed E-state index contributed by atoms with van der Waals surface area (Å²) in [6.07, 6.45) is 0.0695. The number of carbonyl (C=O) groups is 3. The van der Waals surface area contributed by atoms with Crippen LogP contribution < -0.4 is 10.6 Å².